The quantitative estimate of drug-likeness (QED) is 0.0222. The summed E-state index contributed by atoms with van der Waals surface area (Å²) in [6, 6.07) is 0. The van der Waals surface area contributed by atoms with Crippen molar-refractivity contribution in [1.29, 1.82) is 0 Å². The highest BCUT2D eigenvalue weighted by Crippen LogP contribution is 2.45. The van der Waals surface area contributed by atoms with Gasteiger partial charge in [-0.15, -0.1) is 0 Å². The summed E-state index contributed by atoms with van der Waals surface area (Å²) in [5, 5.41) is 10.6. The third kappa shape index (κ3) is 65.8. The Kier molecular flexibility index (Phi) is 62.2. The molecule has 0 rings (SSSR count). The van der Waals surface area contributed by atoms with Crippen LogP contribution in [0.3, 0.4) is 0 Å². The first-order valence-electron chi connectivity index (χ1n) is 38.3. The summed E-state index contributed by atoms with van der Waals surface area (Å²) in [6.07, 6.45) is 47.2. The Morgan fingerprint density at radius 1 is 0.301 bits per heavy atom. The fraction of sp³-hybridized carbons (Fsp3) is 0.946. The smallest absolute Gasteiger partial charge is 0.462 e. The number of hydrogen-bond donors (Lipinski definition) is 3. The molecule has 552 valence electrons. The van der Waals surface area contributed by atoms with Crippen LogP contribution in [0, 0.1) is 23.7 Å². The number of unbranched alkanes of at least 4 members (excludes halogenated alkanes) is 35. The molecule has 93 heavy (non-hydrogen) atoms. The average Bonchev–Trinajstić information content (AvgIpc) is 3.33. The molecule has 0 aromatic heterocycles. The highest BCUT2D eigenvalue weighted by atomic mass is 31.2. The molecule has 0 spiro atoms. The van der Waals surface area contributed by atoms with E-state index in [0.29, 0.717) is 25.7 Å². The molecule has 17 nitrogen and oxygen atoms in total. The second-order valence-electron chi connectivity index (χ2n) is 28.1. The number of carbonyl (C=O) groups is 4. The van der Waals surface area contributed by atoms with Crippen molar-refractivity contribution in [3.05, 3.63) is 0 Å². The van der Waals surface area contributed by atoms with E-state index in [-0.39, 0.29) is 25.7 Å². The van der Waals surface area contributed by atoms with Crippen LogP contribution in [-0.4, -0.2) is 96.7 Å². The third-order valence-electron chi connectivity index (χ3n) is 17.8. The summed E-state index contributed by atoms with van der Waals surface area (Å²) in [5.74, 6) is 0.915. The number of hydrogen-bond acceptors (Lipinski definition) is 15. The molecule has 0 aliphatic heterocycles. The normalized spacial score (nSPS) is 14.8. The van der Waals surface area contributed by atoms with Gasteiger partial charge in [-0.05, 0) is 49.4 Å². The number of aliphatic hydroxyl groups is 1. The molecular formula is C74H144O17P2. The van der Waals surface area contributed by atoms with Crippen LogP contribution in [0.1, 0.15) is 370 Å². The molecule has 0 aliphatic carbocycles. The van der Waals surface area contributed by atoms with Crippen molar-refractivity contribution in [2.45, 2.75) is 388 Å². The maximum absolute atomic E-state index is 13.0. The van der Waals surface area contributed by atoms with Crippen LogP contribution < -0.4 is 0 Å². The standard InChI is InChI=1S/C74H144O17P2/c1-9-66(7)52-44-36-30-32-38-46-54-71(76)84-60-69(90-73(78)56-48-40-28-24-20-15-13-11-12-14-18-22-26-34-42-50-64(3)4)62-88-92(80,81)86-58-68(75)59-87-93(82,83)89-63-70(61-85-72(77)55-47-39-33-31-37-45-53-67(8)10-2)91-74(79)57-49-41-29-25-21-17-16-19-23-27-35-43-51-65(5)6/h64-70,75H,9-63H2,1-8H3,(H,80,81)(H,82,83)/t66?,67?,68-,69-,70-/m1/s1. The van der Waals surface area contributed by atoms with Crippen LogP contribution in [0.15, 0.2) is 0 Å². The number of phosphoric acid groups is 2. The van der Waals surface area contributed by atoms with Gasteiger partial charge < -0.3 is 33.8 Å². The van der Waals surface area contributed by atoms with E-state index < -0.39 is 97.5 Å². The van der Waals surface area contributed by atoms with Crippen LogP contribution in [0.4, 0.5) is 0 Å². The molecule has 0 saturated heterocycles. The van der Waals surface area contributed by atoms with Gasteiger partial charge in [0, 0.05) is 25.7 Å². The second kappa shape index (κ2) is 63.5. The van der Waals surface area contributed by atoms with Gasteiger partial charge in [-0.25, -0.2) is 9.13 Å². The van der Waals surface area contributed by atoms with Crippen molar-refractivity contribution in [2.24, 2.45) is 23.7 Å². The predicted octanol–water partition coefficient (Wildman–Crippen LogP) is 21.3. The summed E-state index contributed by atoms with van der Waals surface area (Å²) in [5.41, 5.74) is 0. The number of rotatable bonds is 71. The van der Waals surface area contributed by atoms with E-state index in [2.05, 4.69) is 55.4 Å². The Morgan fingerprint density at radius 3 is 0.763 bits per heavy atom. The Morgan fingerprint density at radius 2 is 0.516 bits per heavy atom. The Labute approximate surface area is 568 Å². The Bertz CT molecular complexity index is 1840. The van der Waals surface area contributed by atoms with E-state index in [1.54, 1.807) is 0 Å². The van der Waals surface area contributed by atoms with E-state index in [9.17, 15) is 43.2 Å². The van der Waals surface area contributed by atoms with Gasteiger partial charge in [0.1, 0.15) is 19.3 Å². The van der Waals surface area contributed by atoms with Crippen molar-refractivity contribution in [3.63, 3.8) is 0 Å². The summed E-state index contributed by atoms with van der Waals surface area (Å²) in [6.45, 7) is 14.1. The first kappa shape index (κ1) is 91.1. The van der Waals surface area contributed by atoms with Crippen molar-refractivity contribution in [3.8, 4) is 0 Å². The molecule has 3 N–H and O–H groups in total. The number of esters is 4. The third-order valence-corrected chi connectivity index (χ3v) is 19.7. The van der Waals surface area contributed by atoms with Gasteiger partial charge in [0.05, 0.1) is 26.4 Å². The molecule has 0 aliphatic rings. The molecule has 0 bridgehead atoms. The molecule has 0 radical (unpaired) electrons. The van der Waals surface area contributed by atoms with Gasteiger partial charge in [-0.1, -0.05) is 319 Å². The topological polar surface area (TPSA) is 237 Å². The van der Waals surface area contributed by atoms with E-state index in [4.69, 9.17) is 37.0 Å². The highest BCUT2D eigenvalue weighted by Gasteiger charge is 2.30. The zero-order valence-electron chi connectivity index (χ0n) is 60.9. The minimum absolute atomic E-state index is 0.105. The van der Waals surface area contributed by atoms with Gasteiger partial charge in [-0.3, -0.25) is 37.3 Å². The minimum atomic E-state index is -4.96. The Hall–Kier alpha value is -1.94. The monoisotopic (exact) mass is 1370 g/mol. The Balaban J connectivity index is 5.23. The van der Waals surface area contributed by atoms with E-state index in [1.807, 2.05) is 0 Å². The molecule has 0 aromatic rings. The lowest BCUT2D eigenvalue weighted by atomic mass is 10.00. The maximum atomic E-state index is 13.0. The van der Waals surface area contributed by atoms with E-state index in [0.717, 1.165) is 126 Å². The van der Waals surface area contributed by atoms with Gasteiger partial charge in [0.25, 0.3) is 0 Å². The van der Waals surface area contributed by atoms with Crippen LogP contribution in [0.5, 0.6) is 0 Å². The van der Waals surface area contributed by atoms with Crippen molar-refractivity contribution < 1.29 is 80.2 Å². The van der Waals surface area contributed by atoms with Crippen molar-refractivity contribution in [2.75, 3.05) is 39.6 Å². The van der Waals surface area contributed by atoms with Crippen LogP contribution in [0.25, 0.3) is 0 Å². The number of aliphatic hydroxyl groups excluding tert-OH is 1. The molecule has 19 heteroatoms. The first-order valence-corrected chi connectivity index (χ1v) is 41.3. The van der Waals surface area contributed by atoms with Gasteiger partial charge in [0.2, 0.25) is 0 Å². The number of ether oxygens (including phenoxy) is 4. The van der Waals surface area contributed by atoms with Crippen LogP contribution in [0.2, 0.25) is 0 Å². The lowest BCUT2D eigenvalue weighted by molar-refractivity contribution is -0.161. The van der Waals surface area contributed by atoms with Crippen LogP contribution in [-0.2, 0) is 65.4 Å². The number of phosphoric ester groups is 2. The molecular weight excluding hydrogens is 1220 g/mol. The summed E-state index contributed by atoms with van der Waals surface area (Å²) < 4.78 is 68.4. The predicted molar refractivity (Wildman–Crippen MR) is 377 cm³/mol. The summed E-state index contributed by atoms with van der Waals surface area (Å²) in [7, 11) is -9.91. The molecule has 0 amide bonds. The van der Waals surface area contributed by atoms with Gasteiger partial charge in [-0.2, -0.15) is 0 Å². The van der Waals surface area contributed by atoms with Crippen molar-refractivity contribution in [1.82, 2.24) is 0 Å². The van der Waals surface area contributed by atoms with Gasteiger partial charge >= 0.3 is 39.5 Å². The minimum Gasteiger partial charge on any atom is -0.462 e. The largest absolute Gasteiger partial charge is 0.472 e. The van der Waals surface area contributed by atoms with Gasteiger partial charge in [0.15, 0.2) is 12.2 Å². The summed E-state index contributed by atoms with van der Waals surface area (Å²) in [4.78, 5) is 72.7. The molecule has 0 fully saturated rings. The molecule has 4 unspecified atom stereocenters. The SMILES string of the molecule is CCC(C)CCCCCCCCC(=O)OC[C@H](COP(=O)(O)OC[C@@H](O)COP(=O)(O)OC[C@@H](COC(=O)CCCCCCCCC(C)CC)OC(=O)CCCCCCCCCCCCCCC(C)C)OC(=O)CCCCCCCCCCCCCCCCCC(C)C. The molecule has 7 atom stereocenters. The fourth-order valence-electron chi connectivity index (χ4n) is 11.1. The first-order chi connectivity index (χ1) is 44.7. The van der Waals surface area contributed by atoms with Crippen molar-refractivity contribution >= 4 is 39.5 Å². The zero-order valence-corrected chi connectivity index (χ0v) is 62.7. The molecule has 0 heterocycles. The van der Waals surface area contributed by atoms with E-state index >= 15 is 0 Å². The highest BCUT2D eigenvalue weighted by molar-refractivity contribution is 7.47. The number of carbonyl (C=O) groups excluding carboxylic acids is 4. The fourth-order valence-corrected chi connectivity index (χ4v) is 12.7. The van der Waals surface area contributed by atoms with E-state index in [1.165, 1.54) is 161 Å². The average molecular weight is 1370 g/mol. The van der Waals surface area contributed by atoms with Crippen LogP contribution >= 0.6 is 15.6 Å². The maximum Gasteiger partial charge on any atom is 0.472 e. The lowest BCUT2D eigenvalue weighted by Gasteiger charge is -2.21. The lowest BCUT2D eigenvalue weighted by Crippen LogP contribution is -2.30. The molecule has 0 saturated carbocycles. The molecule has 0 aromatic carbocycles. The second-order valence-corrected chi connectivity index (χ2v) is 31.0. The summed E-state index contributed by atoms with van der Waals surface area (Å²) >= 11 is 0. The zero-order chi connectivity index (χ0) is 68.9.